The first-order valence-electron chi connectivity index (χ1n) is 11.8. The van der Waals surface area contributed by atoms with Crippen LogP contribution in [0.1, 0.15) is 50.9 Å². The molecule has 2 aliphatic heterocycles. The molecule has 5 heterocycles. The first-order valence-corrected chi connectivity index (χ1v) is 11.8. The largest absolute Gasteiger partial charge is 0.341 e. The molecule has 3 aromatic rings. The average Bonchev–Trinajstić information content (AvgIpc) is 3.60. The van der Waals surface area contributed by atoms with E-state index in [0.717, 1.165) is 55.9 Å². The Bertz CT molecular complexity index is 1090. The highest BCUT2D eigenvalue weighted by Gasteiger charge is 2.38. The Balaban J connectivity index is 1.44. The highest BCUT2D eigenvalue weighted by atomic mass is 15.4. The number of hydrogen-bond acceptors (Lipinski definition) is 8. The number of anilines is 2. The zero-order valence-corrected chi connectivity index (χ0v) is 18.8. The van der Waals surface area contributed by atoms with E-state index in [9.17, 15) is 0 Å². The van der Waals surface area contributed by atoms with E-state index in [-0.39, 0.29) is 6.04 Å². The lowest BCUT2D eigenvalue weighted by molar-refractivity contribution is 0.310. The van der Waals surface area contributed by atoms with Gasteiger partial charge in [0.25, 0.3) is 0 Å². The van der Waals surface area contributed by atoms with Gasteiger partial charge in [0.15, 0.2) is 11.6 Å². The topological polar surface area (TPSA) is 84.0 Å². The van der Waals surface area contributed by atoms with Crippen molar-refractivity contribution in [2.24, 2.45) is 0 Å². The molecule has 2 fully saturated rings. The van der Waals surface area contributed by atoms with Crippen LogP contribution in [-0.4, -0.2) is 78.5 Å². The van der Waals surface area contributed by atoms with Crippen molar-refractivity contribution < 1.29 is 0 Å². The van der Waals surface area contributed by atoms with Crippen LogP contribution in [0.15, 0.2) is 24.9 Å². The number of rotatable bonds is 4. The van der Waals surface area contributed by atoms with Gasteiger partial charge in [-0.1, -0.05) is 19.8 Å². The van der Waals surface area contributed by atoms with Crippen molar-refractivity contribution in [2.45, 2.75) is 51.1 Å². The van der Waals surface area contributed by atoms with E-state index in [1.54, 1.807) is 6.33 Å². The van der Waals surface area contributed by atoms with Crippen molar-refractivity contribution in [2.75, 3.05) is 43.0 Å². The quantitative estimate of drug-likeness (QED) is 0.618. The number of likely N-dealkylation sites (N-methyl/N-ethyl adjacent to an activating group) is 1. The third-order valence-corrected chi connectivity index (χ3v) is 7.18. The molecule has 10 nitrogen and oxygen atoms in total. The van der Waals surface area contributed by atoms with Crippen LogP contribution in [0.25, 0.3) is 11.6 Å². The Morgan fingerprint density at radius 2 is 1.84 bits per heavy atom. The molecule has 0 bridgehead atoms. The molecule has 1 saturated heterocycles. The van der Waals surface area contributed by atoms with Crippen molar-refractivity contribution in [3.63, 3.8) is 0 Å². The number of nitrogens with zero attached hydrogens (tertiary/aromatic N) is 10. The molecule has 0 radical (unpaired) electrons. The molecule has 3 aromatic heterocycles. The fourth-order valence-electron chi connectivity index (χ4n) is 5.44. The molecular weight excluding hydrogens is 404 g/mol. The molecule has 168 valence electrons. The summed E-state index contributed by atoms with van der Waals surface area (Å²) in [5, 5.41) is 8.69. The number of hydrogen-bond donors (Lipinski definition) is 0. The maximum absolute atomic E-state index is 5.15. The fraction of sp³-hybridized carbons (Fsp3) is 0.591. The van der Waals surface area contributed by atoms with Gasteiger partial charge in [0.05, 0.1) is 12.2 Å². The predicted molar refractivity (Wildman–Crippen MR) is 122 cm³/mol. The Hall–Kier alpha value is -3.01. The van der Waals surface area contributed by atoms with Crippen molar-refractivity contribution in [1.29, 1.82) is 0 Å². The molecule has 0 unspecified atom stereocenters. The zero-order valence-electron chi connectivity index (χ0n) is 18.8. The van der Waals surface area contributed by atoms with Crippen LogP contribution in [0.3, 0.4) is 0 Å². The Labute approximate surface area is 187 Å². The summed E-state index contributed by atoms with van der Waals surface area (Å²) in [5.74, 6) is 3.56. The second kappa shape index (κ2) is 7.84. The van der Waals surface area contributed by atoms with Gasteiger partial charge >= 0.3 is 0 Å². The first kappa shape index (κ1) is 19.7. The van der Waals surface area contributed by atoms with E-state index in [1.807, 2.05) is 23.2 Å². The normalized spacial score (nSPS) is 21.8. The summed E-state index contributed by atoms with van der Waals surface area (Å²) in [6, 6.07) is 0.655. The summed E-state index contributed by atoms with van der Waals surface area (Å²) < 4.78 is 4.09. The minimum atomic E-state index is 0.177. The Morgan fingerprint density at radius 1 is 1.03 bits per heavy atom. The lowest BCUT2D eigenvalue weighted by Crippen LogP contribution is -2.45. The minimum Gasteiger partial charge on any atom is -0.341 e. The van der Waals surface area contributed by atoms with Crippen LogP contribution in [0.4, 0.5) is 11.8 Å². The van der Waals surface area contributed by atoms with Crippen molar-refractivity contribution >= 4 is 11.8 Å². The van der Waals surface area contributed by atoms with E-state index in [2.05, 4.69) is 48.4 Å². The van der Waals surface area contributed by atoms with Crippen molar-refractivity contribution in [3.8, 4) is 11.6 Å². The second-order valence-electron chi connectivity index (χ2n) is 9.10. The lowest BCUT2D eigenvalue weighted by atomic mass is 10.0. The van der Waals surface area contributed by atoms with E-state index in [1.165, 1.54) is 25.7 Å². The maximum Gasteiger partial charge on any atom is 0.238 e. The summed E-state index contributed by atoms with van der Waals surface area (Å²) in [4.78, 5) is 21.8. The summed E-state index contributed by atoms with van der Waals surface area (Å²) >= 11 is 0. The Morgan fingerprint density at radius 3 is 2.62 bits per heavy atom. The van der Waals surface area contributed by atoms with E-state index in [4.69, 9.17) is 9.97 Å². The number of imidazole rings is 1. The van der Waals surface area contributed by atoms with Crippen LogP contribution in [0.5, 0.6) is 0 Å². The average molecular weight is 435 g/mol. The zero-order chi connectivity index (χ0) is 21.7. The van der Waals surface area contributed by atoms with E-state index in [0.29, 0.717) is 12.0 Å². The van der Waals surface area contributed by atoms with Crippen LogP contribution < -0.4 is 9.80 Å². The Kier molecular flexibility index (Phi) is 4.82. The van der Waals surface area contributed by atoms with Gasteiger partial charge in [-0.15, -0.1) is 10.2 Å². The molecule has 6 rings (SSSR count). The molecule has 3 aliphatic rings. The first-order chi connectivity index (χ1) is 15.7. The van der Waals surface area contributed by atoms with E-state index >= 15 is 0 Å². The molecule has 0 amide bonds. The fourth-order valence-corrected chi connectivity index (χ4v) is 5.44. The second-order valence-corrected chi connectivity index (χ2v) is 9.10. The number of fused-ring (bicyclic) bond motifs is 3. The molecule has 1 saturated carbocycles. The number of piperazine rings is 1. The molecule has 0 aromatic carbocycles. The van der Waals surface area contributed by atoms with Crippen LogP contribution in [-0.2, 0) is 0 Å². The summed E-state index contributed by atoms with van der Waals surface area (Å²) in [6.07, 6.45) is 13.4. The van der Waals surface area contributed by atoms with Gasteiger partial charge in [0, 0.05) is 44.6 Å². The third kappa shape index (κ3) is 3.08. The van der Waals surface area contributed by atoms with Crippen molar-refractivity contribution in [3.05, 3.63) is 30.7 Å². The van der Waals surface area contributed by atoms with Gasteiger partial charge < -0.3 is 14.7 Å². The summed E-state index contributed by atoms with van der Waals surface area (Å²) in [6.45, 7) is 6.19. The monoisotopic (exact) mass is 434 g/mol. The van der Waals surface area contributed by atoms with Gasteiger partial charge in [-0.05, 0) is 26.3 Å². The van der Waals surface area contributed by atoms with Gasteiger partial charge in [-0.3, -0.25) is 9.13 Å². The van der Waals surface area contributed by atoms with Gasteiger partial charge in [0.2, 0.25) is 11.9 Å². The highest BCUT2D eigenvalue weighted by Crippen LogP contribution is 2.42. The SMILES string of the molecule is CC[C@@H]1c2nncn2-c2cnc(-n3ccnc3N3CCN(C)CC3)nc2N1C1CCCC1. The van der Waals surface area contributed by atoms with Gasteiger partial charge in [0.1, 0.15) is 12.0 Å². The summed E-state index contributed by atoms with van der Waals surface area (Å²) in [7, 11) is 2.16. The van der Waals surface area contributed by atoms with Crippen LogP contribution >= 0.6 is 0 Å². The molecular formula is C22H30N10. The number of aromatic nitrogens is 7. The van der Waals surface area contributed by atoms with Crippen LogP contribution in [0.2, 0.25) is 0 Å². The maximum atomic E-state index is 5.15. The highest BCUT2D eigenvalue weighted by molar-refractivity contribution is 5.63. The standard InChI is InChI=1S/C22H30N10/c1-3-17-20-27-25-15-31(20)18-14-24-21(26-19(18)32(17)16-6-4-5-7-16)30-9-8-23-22(30)29-12-10-28(2)11-13-29/h8-9,14-17H,3-7,10-13H2,1-2H3/t17-/m1/s1. The summed E-state index contributed by atoms with van der Waals surface area (Å²) in [5.41, 5.74) is 0.964. The smallest absolute Gasteiger partial charge is 0.238 e. The predicted octanol–water partition coefficient (Wildman–Crippen LogP) is 2.21. The third-order valence-electron chi connectivity index (χ3n) is 7.18. The minimum absolute atomic E-state index is 0.177. The van der Waals surface area contributed by atoms with Crippen LogP contribution in [0, 0.1) is 0 Å². The molecule has 1 atom stereocenters. The molecule has 0 N–H and O–H groups in total. The van der Waals surface area contributed by atoms with E-state index < -0.39 is 0 Å². The molecule has 1 aliphatic carbocycles. The lowest BCUT2D eigenvalue weighted by Gasteiger charge is -2.40. The molecule has 32 heavy (non-hydrogen) atoms. The van der Waals surface area contributed by atoms with Gasteiger partial charge in [-0.2, -0.15) is 4.98 Å². The molecule has 0 spiro atoms. The molecule has 10 heteroatoms. The van der Waals surface area contributed by atoms with Gasteiger partial charge in [-0.25, -0.2) is 9.97 Å². The van der Waals surface area contributed by atoms with Crippen molar-refractivity contribution in [1.82, 2.24) is 39.2 Å².